The fraction of sp³-hybridized carbons (Fsp3) is 0.143. The van der Waals surface area contributed by atoms with Crippen molar-refractivity contribution in [2.75, 3.05) is 7.11 Å². The number of carbonyl (C=O) groups excluding carboxylic acids is 1. The number of aromatic amines is 1. The van der Waals surface area contributed by atoms with Crippen LogP contribution in [0.4, 0.5) is 0 Å². The number of rotatable bonds is 4. The van der Waals surface area contributed by atoms with E-state index in [4.69, 9.17) is 10.5 Å². The molecule has 1 amide bonds. The summed E-state index contributed by atoms with van der Waals surface area (Å²) in [5, 5.41) is 4.90. The summed E-state index contributed by atoms with van der Waals surface area (Å²) in [5.74, 6) is 0.273. The lowest BCUT2D eigenvalue weighted by Crippen LogP contribution is -2.17. The molecule has 3 N–H and O–H groups in total. The highest BCUT2D eigenvalue weighted by atomic mass is 16.5. The van der Waals surface area contributed by atoms with Gasteiger partial charge in [-0.2, -0.15) is 9.78 Å². The van der Waals surface area contributed by atoms with Crippen LogP contribution in [0.3, 0.4) is 0 Å². The maximum Gasteiger partial charge on any atom is 0.260 e. The van der Waals surface area contributed by atoms with Gasteiger partial charge in [0.15, 0.2) is 0 Å². The van der Waals surface area contributed by atoms with Crippen molar-refractivity contribution in [2.24, 2.45) is 5.73 Å². The monoisotopic (exact) mass is 389 g/mol. The molecule has 0 saturated heterocycles. The lowest BCUT2D eigenvalue weighted by molar-refractivity contribution is 0.100. The number of aryl methyl sites for hydroxylation is 2. The van der Waals surface area contributed by atoms with Crippen molar-refractivity contribution in [3.8, 4) is 23.0 Å². The minimum absolute atomic E-state index is 0.245. The lowest BCUT2D eigenvalue weighted by atomic mass is 9.98. The smallest absolute Gasteiger partial charge is 0.260 e. The highest BCUT2D eigenvalue weighted by Gasteiger charge is 2.19. The summed E-state index contributed by atoms with van der Waals surface area (Å²) < 4.78 is 6.70. The minimum Gasteiger partial charge on any atom is -0.497 e. The van der Waals surface area contributed by atoms with E-state index in [9.17, 15) is 9.59 Å². The van der Waals surface area contributed by atoms with Crippen LogP contribution in [0, 0.1) is 13.8 Å². The van der Waals surface area contributed by atoms with Crippen molar-refractivity contribution in [2.45, 2.75) is 13.8 Å². The zero-order valence-corrected chi connectivity index (χ0v) is 16.2. The number of benzene rings is 2. The number of aromatic nitrogens is 4. The molecular weight excluding hydrogens is 370 g/mol. The Bertz CT molecular complexity index is 1320. The number of hydrogen-bond acceptors (Lipinski definition) is 5. The first-order valence-electron chi connectivity index (χ1n) is 8.94. The molecule has 0 unspecified atom stereocenters. The van der Waals surface area contributed by atoms with Crippen LogP contribution in [-0.4, -0.2) is 32.8 Å². The van der Waals surface area contributed by atoms with E-state index in [1.165, 1.54) is 11.8 Å². The molecule has 2 heterocycles. The predicted octanol–water partition coefficient (Wildman–Crippen LogP) is 2.50. The highest BCUT2D eigenvalue weighted by Crippen LogP contribution is 2.29. The Hall–Kier alpha value is -3.94. The van der Waals surface area contributed by atoms with Crippen LogP contribution >= 0.6 is 0 Å². The van der Waals surface area contributed by atoms with Crippen molar-refractivity contribution in [1.29, 1.82) is 0 Å². The van der Waals surface area contributed by atoms with E-state index in [1.807, 2.05) is 26.0 Å². The molecule has 8 nitrogen and oxygen atoms in total. The van der Waals surface area contributed by atoms with Crippen LogP contribution in [0.2, 0.25) is 0 Å². The van der Waals surface area contributed by atoms with E-state index in [2.05, 4.69) is 15.1 Å². The van der Waals surface area contributed by atoms with Crippen LogP contribution < -0.4 is 16.0 Å². The van der Waals surface area contributed by atoms with Gasteiger partial charge in [0.1, 0.15) is 5.75 Å². The van der Waals surface area contributed by atoms with Gasteiger partial charge in [-0.05, 0) is 49.7 Å². The Balaban J connectivity index is 1.98. The van der Waals surface area contributed by atoms with E-state index in [-0.39, 0.29) is 11.5 Å². The van der Waals surface area contributed by atoms with E-state index < -0.39 is 5.91 Å². The third-order valence-corrected chi connectivity index (χ3v) is 4.73. The molecule has 0 atom stereocenters. The third kappa shape index (κ3) is 3.14. The van der Waals surface area contributed by atoms with Gasteiger partial charge in [-0.25, -0.2) is 4.98 Å². The van der Waals surface area contributed by atoms with E-state index in [0.29, 0.717) is 39.2 Å². The van der Waals surface area contributed by atoms with Gasteiger partial charge in [-0.1, -0.05) is 12.1 Å². The van der Waals surface area contributed by atoms with Gasteiger partial charge >= 0.3 is 0 Å². The number of nitrogens with two attached hydrogens (primary N) is 1. The van der Waals surface area contributed by atoms with Crippen molar-refractivity contribution >= 4 is 16.8 Å². The maximum absolute atomic E-state index is 12.7. The normalized spacial score (nSPS) is 11.0. The maximum atomic E-state index is 12.7. The Morgan fingerprint density at radius 1 is 1.17 bits per heavy atom. The quantitative estimate of drug-likeness (QED) is 0.556. The molecule has 4 rings (SSSR count). The number of methoxy groups -OCH3 is 1. The van der Waals surface area contributed by atoms with Gasteiger partial charge in [0.05, 0.1) is 29.4 Å². The summed E-state index contributed by atoms with van der Waals surface area (Å²) in [6, 6.07) is 12.2. The number of amides is 1. The highest BCUT2D eigenvalue weighted by molar-refractivity contribution is 6.00. The number of nitrogens with one attached hydrogen (secondary N) is 1. The van der Waals surface area contributed by atoms with E-state index in [0.717, 1.165) is 5.56 Å². The number of carbonyl (C=O) groups is 1. The van der Waals surface area contributed by atoms with Crippen LogP contribution in [0.25, 0.3) is 28.1 Å². The van der Waals surface area contributed by atoms with Crippen LogP contribution in [0.15, 0.2) is 47.3 Å². The SMILES string of the molecule is COc1ccc2nc(-n3nc(C)cc3-c3c(C)cccc3C(N)=O)[nH]c(=O)c2c1. The molecule has 0 bridgehead atoms. The standard InChI is InChI=1S/C21H19N5O3/c1-11-5-4-6-14(19(22)27)18(11)17-9-12(2)25-26(17)21-23-16-8-7-13(29-3)10-15(16)20(28)24-21/h4-10H,1-3H3,(H2,22,27)(H,23,24,28). The second kappa shape index (κ2) is 6.90. The van der Waals surface area contributed by atoms with Gasteiger partial charge in [-0.15, -0.1) is 0 Å². The molecular formula is C21H19N5O3. The molecule has 0 aliphatic carbocycles. The number of ether oxygens (including phenoxy) is 1. The molecule has 0 radical (unpaired) electrons. The molecule has 0 spiro atoms. The Morgan fingerprint density at radius 3 is 2.69 bits per heavy atom. The summed E-state index contributed by atoms with van der Waals surface area (Å²) in [7, 11) is 1.54. The summed E-state index contributed by atoms with van der Waals surface area (Å²) in [5.41, 5.74) is 8.98. The molecule has 0 fully saturated rings. The molecule has 146 valence electrons. The lowest BCUT2D eigenvalue weighted by Gasteiger charge is -2.12. The van der Waals surface area contributed by atoms with Gasteiger partial charge in [0.25, 0.3) is 5.56 Å². The number of nitrogens with zero attached hydrogens (tertiary/aromatic N) is 3. The summed E-state index contributed by atoms with van der Waals surface area (Å²) >= 11 is 0. The van der Waals surface area contributed by atoms with Gasteiger partial charge in [-0.3, -0.25) is 14.6 Å². The Kier molecular flexibility index (Phi) is 4.38. The molecule has 29 heavy (non-hydrogen) atoms. The number of H-pyrrole nitrogens is 1. The third-order valence-electron chi connectivity index (χ3n) is 4.73. The fourth-order valence-corrected chi connectivity index (χ4v) is 3.38. The second-order valence-corrected chi connectivity index (χ2v) is 6.72. The van der Waals surface area contributed by atoms with Crippen LogP contribution in [0.5, 0.6) is 5.75 Å². The predicted molar refractivity (Wildman–Crippen MR) is 109 cm³/mol. The van der Waals surface area contributed by atoms with Crippen LogP contribution in [-0.2, 0) is 0 Å². The average molecular weight is 389 g/mol. The number of fused-ring (bicyclic) bond motifs is 1. The first-order chi connectivity index (χ1) is 13.9. The van der Waals surface area contributed by atoms with Gasteiger partial charge < -0.3 is 10.5 Å². The summed E-state index contributed by atoms with van der Waals surface area (Å²) in [4.78, 5) is 32.0. The average Bonchev–Trinajstić information content (AvgIpc) is 3.08. The molecule has 0 aliphatic rings. The van der Waals surface area contributed by atoms with Crippen molar-refractivity contribution < 1.29 is 9.53 Å². The van der Waals surface area contributed by atoms with Gasteiger partial charge in [0, 0.05) is 11.1 Å². The molecule has 2 aromatic heterocycles. The first kappa shape index (κ1) is 18.4. The Morgan fingerprint density at radius 2 is 1.97 bits per heavy atom. The molecule has 0 aliphatic heterocycles. The summed E-state index contributed by atoms with van der Waals surface area (Å²) in [6.07, 6.45) is 0. The topological polar surface area (TPSA) is 116 Å². The van der Waals surface area contributed by atoms with E-state index >= 15 is 0 Å². The molecule has 4 aromatic rings. The summed E-state index contributed by atoms with van der Waals surface area (Å²) in [6.45, 7) is 3.71. The first-order valence-corrected chi connectivity index (χ1v) is 8.94. The zero-order valence-electron chi connectivity index (χ0n) is 16.2. The molecule has 2 aromatic carbocycles. The minimum atomic E-state index is -0.541. The second-order valence-electron chi connectivity index (χ2n) is 6.72. The molecule has 0 saturated carbocycles. The number of primary amides is 1. The van der Waals surface area contributed by atoms with Gasteiger partial charge in [0.2, 0.25) is 11.9 Å². The van der Waals surface area contributed by atoms with E-state index in [1.54, 1.807) is 30.3 Å². The van der Waals surface area contributed by atoms with Crippen molar-refractivity contribution in [1.82, 2.24) is 19.7 Å². The zero-order chi connectivity index (χ0) is 20.7. The van der Waals surface area contributed by atoms with Crippen molar-refractivity contribution in [3.05, 3.63) is 69.6 Å². The van der Waals surface area contributed by atoms with Crippen LogP contribution in [0.1, 0.15) is 21.6 Å². The Labute approximate surface area is 166 Å². The van der Waals surface area contributed by atoms with Crippen molar-refractivity contribution in [3.63, 3.8) is 0 Å². The molecule has 8 heteroatoms. The largest absolute Gasteiger partial charge is 0.497 e. The number of hydrogen-bond donors (Lipinski definition) is 2. The fourth-order valence-electron chi connectivity index (χ4n) is 3.38.